The second kappa shape index (κ2) is 6.57. The number of carbonyl (C=O) groups is 1. The van der Waals surface area contributed by atoms with Crippen molar-refractivity contribution in [1.29, 1.82) is 0 Å². The van der Waals surface area contributed by atoms with Crippen molar-refractivity contribution in [2.24, 2.45) is 0 Å². The Balaban J connectivity index is 1.90. The Bertz CT molecular complexity index is 626. The molecule has 0 unspecified atom stereocenters. The zero-order valence-corrected chi connectivity index (χ0v) is 12.9. The van der Waals surface area contributed by atoms with Crippen molar-refractivity contribution in [2.75, 3.05) is 12.3 Å². The van der Waals surface area contributed by atoms with Gasteiger partial charge in [-0.05, 0) is 53.0 Å². The average molecular weight is 333 g/mol. The number of amides is 1. The fraction of sp³-hybridized carbons (Fsp3) is 0.188. The summed E-state index contributed by atoms with van der Waals surface area (Å²) in [6.07, 6.45) is 0.823. The summed E-state index contributed by atoms with van der Waals surface area (Å²) in [5.41, 5.74) is 9.39. The SMILES string of the molecule is Cc1cccc(CCNC(=O)c2ccc(N)c(Br)c2)c1. The Morgan fingerprint density at radius 2 is 2.05 bits per heavy atom. The molecule has 3 N–H and O–H groups in total. The van der Waals surface area contributed by atoms with Gasteiger partial charge in [0.2, 0.25) is 0 Å². The standard InChI is InChI=1S/C16H17BrN2O/c1-11-3-2-4-12(9-11)7-8-19-16(20)13-5-6-15(18)14(17)10-13/h2-6,9-10H,7-8,18H2,1H3,(H,19,20). The smallest absolute Gasteiger partial charge is 0.251 e. The molecule has 2 aromatic rings. The van der Waals surface area contributed by atoms with Crippen LogP contribution in [-0.2, 0) is 6.42 Å². The maximum atomic E-state index is 12.0. The topological polar surface area (TPSA) is 55.1 Å². The third-order valence-electron chi connectivity index (χ3n) is 3.04. The Labute approximate surface area is 127 Å². The molecule has 2 aromatic carbocycles. The number of benzene rings is 2. The van der Waals surface area contributed by atoms with E-state index in [1.807, 2.05) is 6.07 Å². The number of hydrogen-bond donors (Lipinski definition) is 2. The normalized spacial score (nSPS) is 10.3. The van der Waals surface area contributed by atoms with Crippen molar-refractivity contribution < 1.29 is 4.79 Å². The van der Waals surface area contributed by atoms with Crippen molar-refractivity contribution >= 4 is 27.5 Å². The summed E-state index contributed by atoms with van der Waals surface area (Å²) in [5, 5.41) is 2.91. The first kappa shape index (κ1) is 14.6. The molecule has 0 atom stereocenters. The molecule has 0 fully saturated rings. The molecule has 20 heavy (non-hydrogen) atoms. The van der Waals surface area contributed by atoms with Crippen LogP contribution in [0, 0.1) is 6.92 Å². The molecular weight excluding hydrogens is 316 g/mol. The Morgan fingerprint density at radius 3 is 2.75 bits per heavy atom. The first-order chi connectivity index (χ1) is 9.56. The Kier molecular flexibility index (Phi) is 4.79. The van der Waals surface area contributed by atoms with Gasteiger partial charge in [-0.25, -0.2) is 0 Å². The van der Waals surface area contributed by atoms with Crippen LogP contribution in [0.15, 0.2) is 46.9 Å². The zero-order chi connectivity index (χ0) is 14.5. The van der Waals surface area contributed by atoms with Crippen LogP contribution in [0.25, 0.3) is 0 Å². The van der Waals surface area contributed by atoms with Crippen LogP contribution in [0.1, 0.15) is 21.5 Å². The van der Waals surface area contributed by atoms with Crippen LogP contribution in [0.3, 0.4) is 0 Å². The van der Waals surface area contributed by atoms with Gasteiger partial charge in [-0.1, -0.05) is 29.8 Å². The molecule has 0 saturated carbocycles. The third kappa shape index (κ3) is 3.84. The van der Waals surface area contributed by atoms with Crippen molar-refractivity contribution in [3.05, 3.63) is 63.6 Å². The van der Waals surface area contributed by atoms with E-state index in [2.05, 4.69) is 46.4 Å². The quantitative estimate of drug-likeness (QED) is 0.844. The van der Waals surface area contributed by atoms with E-state index < -0.39 is 0 Å². The van der Waals surface area contributed by atoms with E-state index >= 15 is 0 Å². The first-order valence-electron chi connectivity index (χ1n) is 6.45. The van der Waals surface area contributed by atoms with Crippen LogP contribution in [-0.4, -0.2) is 12.5 Å². The lowest BCUT2D eigenvalue weighted by molar-refractivity contribution is 0.0954. The molecule has 4 heteroatoms. The molecule has 0 spiro atoms. The lowest BCUT2D eigenvalue weighted by atomic mass is 10.1. The number of nitrogens with two attached hydrogens (primary N) is 1. The van der Waals surface area contributed by atoms with Crippen LogP contribution in [0.4, 0.5) is 5.69 Å². The Morgan fingerprint density at radius 1 is 1.25 bits per heavy atom. The van der Waals surface area contributed by atoms with Gasteiger partial charge >= 0.3 is 0 Å². The van der Waals surface area contributed by atoms with Crippen molar-refractivity contribution in [1.82, 2.24) is 5.32 Å². The highest BCUT2D eigenvalue weighted by atomic mass is 79.9. The molecule has 1 amide bonds. The number of anilines is 1. The van der Waals surface area contributed by atoms with E-state index in [0.29, 0.717) is 17.8 Å². The van der Waals surface area contributed by atoms with Gasteiger partial charge in [0.05, 0.1) is 0 Å². The van der Waals surface area contributed by atoms with Crippen molar-refractivity contribution in [2.45, 2.75) is 13.3 Å². The highest BCUT2D eigenvalue weighted by Crippen LogP contribution is 2.20. The van der Waals surface area contributed by atoms with E-state index in [1.165, 1.54) is 11.1 Å². The number of carbonyl (C=O) groups excluding carboxylic acids is 1. The van der Waals surface area contributed by atoms with E-state index in [4.69, 9.17) is 5.73 Å². The largest absolute Gasteiger partial charge is 0.398 e. The number of nitrogens with one attached hydrogen (secondary N) is 1. The van der Waals surface area contributed by atoms with Crippen LogP contribution in [0.5, 0.6) is 0 Å². The molecule has 0 radical (unpaired) electrons. The average Bonchev–Trinajstić information content (AvgIpc) is 2.42. The highest BCUT2D eigenvalue weighted by molar-refractivity contribution is 9.10. The number of nitrogen functional groups attached to an aromatic ring is 1. The van der Waals surface area contributed by atoms with E-state index in [0.717, 1.165) is 10.9 Å². The molecule has 0 bridgehead atoms. The summed E-state index contributed by atoms with van der Waals surface area (Å²) in [6, 6.07) is 13.5. The molecule has 0 heterocycles. The molecule has 0 saturated heterocycles. The summed E-state index contributed by atoms with van der Waals surface area (Å²) in [5.74, 6) is -0.0849. The lowest BCUT2D eigenvalue weighted by Gasteiger charge is -2.07. The predicted molar refractivity (Wildman–Crippen MR) is 85.8 cm³/mol. The first-order valence-corrected chi connectivity index (χ1v) is 7.24. The maximum absolute atomic E-state index is 12.0. The minimum absolute atomic E-state index is 0.0849. The highest BCUT2D eigenvalue weighted by Gasteiger charge is 2.06. The number of halogens is 1. The van der Waals surface area contributed by atoms with Gasteiger partial charge in [-0.3, -0.25) is 4.79 Å². The van der Waals surface area contributed by atoms with Crippen LogP contribution >= 0.6 is 15.9 Å². The van der Waals surface area contributed by atoms with Crippen LogP contribution in [0.2, 0.25) is 0 Å². The van der Waals surface area contributed by atoms with E-state index in [1.54, 1.807) is 18.2 Å². The Hall–Kier alpha value is -1.81. The van der Waals surface area contributed by atoms with Gasteiger partial charge in [-0.15, -0.1) is 0 Å². The lowest BCUT2D eigenvalue weighted by Crippen LogP contribution is -2.25. The van der Waals surface area contributed by atoms with E-state index in [9.17, 15) is 4.79 Å². The molecule has 0 aromatic heterocycles. The number of rotatable bonds is 4. The minimum Gasteiger partial charge on any atom is -0.398 e. The van der Waals surface area contributed by atoms with Gasteiger partial charge < -0.3 is 11.1 Å². The number of hydrogen-bond acceptors (Lipinski definition) is 2. The van der Waals surface area contributed by atoms with Crippen molar-refractivity contribution in [3.8, 4) is 0 Å². The van der Waals surface area contributed by atoms with Gasteiger partial charge in [-0.2, -0.15) is 0 Å². The summed E-state index contributed by atoms with van der Waals surface area (Å²) in [7, 11) is 0. The molecule has 3 nitrogen and oxygen atoms in total. The minimum atomic E-state index is -0.0849. The van der Waals surface area contributed by atoms with Gasteiger partial charge in [0, 0.05) is 22.3 Å². The third-order valence-corrected chi connectivity index (χ3v) is 3.73. The molecule has 0 aliphatic carbocycles. The summed E-state index contributed by atoms with van der Waals surface area (Å²) in [4.78, 5) is 12.0. The van der Waals surface area contributed by atoms with Gasteiger partial charge in [0.25, 0.3) is 5.91 Å². The van der Waals surface area contributed by atoms with Gasteiger partial charge in [0.1, 0.15) is 0 Å². The summed E-state index contributed by atoms with van der Waals surface area (Å²) >= 11 is 3.32. The van der Waals surface area contributed by atoms with E-state index in [-0.39, 0.29) is 5.91 Å². The summed E-state index contributed by atoms with van der Waals surface area (Å²) < 4.78 is 0.740. The fourth-order valence-electron chi connectivity index (χ4n) is 1.96. The molecule has 0 aliphatic rings. The molecule has 0 aliphatic heterocycles. The molecule has 104 valence electrons. The molecule has 2 rings (SSSR count). The van der Waals surface area contributed by atoms with Gasteiger partial charge in [0.15, 0.2) is 0 Å². The zero-order valence-electron chi connectivity index (χ0n) is 11.3. The fourth-order valence-corrected chi connectivity index (χ4v) is 2.34. The summed E-state index contributed by atoms with van der Waals surface area (Å²) in [6.45, 7) is 2.68. The number of aryl methyl sites for hydroxylation is 1. The van der Waals surface area contributed by atoms with Crippen LogP contribution < -0.4 is 11.1 Å². The molecular formula is C16H17BrN2O. The second-order valence-corrected chi connectivity index (χ2v) is 5.59. The van der Waals surface area contributed by atoms with Crippen molar-refractivity contribution in [3.63, 3.8) is 0 Å². The monoisotopic (exact) mass is 332 g/mol. The maximum Gasteiger partial charge on any atom is 0.251 e. The second-order valence-electron chi connectivity index (χ2n) is 4.73. The predicted octanol–water partition coefficient (Wildman–Crippen LogP) is 3.31.